The molecule has 0 unspecified atom stereocenters. The van der Waals surface area contributed by atoms with E-state index in [1.807, 2.05) is 60.7 Å². The van der Waals surface area contributed by atoms with Crippen molar-refractivity contribution in [1.29, 1.82) is 0 Å². The van der Waals surface area contributed by atoms with Crippen LogP contribution in [-0.2, 0) is 0 Å². The third-order valence-electron chi connectivity index (χ3n) is 4.90. The number of hydrazine groups is 1. The number of nitrogens with zero attached hydrogens (tertiary/aromatic N) is 1. The van der Waals surface area contributed by atoms with Crippen LogP contribution in [0.3, 0.4) is 0 Å². The SMILES string of the molecule is Clc1ccc(C2=C[C@H]3c4cc(Cl)ccc4O[C@H](c4ccccc4)N3N2)cc1. The Labute approximate surface area is 167 Å². The fourth-order valence-electron chi connectivity index (χ4n) is 3.60. The molecule has 0 aromatic heterocycles. The number of rotatable bonds is 2. The number of nitrogens with one attached hydrogen (secondary N) is 1. The Bertz CT molecular complexity index is 1020. The minimum atomic E-state index is -0.245. The van der Waals surface area contributed by atoms with Crippen molar-refractivity contribution in [2.45, 2.75) is 12.3 Å². The molecule has 2 heterocycles. The van der Waals surface area contributed by atoms with E-state index >= 15 is 0 Å². The van der Waals surface area contributed by atoms with Crippen molar-refractivity contribution in [3.8, 4) is 5.75 Å². The van der Waals surface area contributed by atoms with Gasteiger partial charge in [0.15, 0.2) is 6.23 Å². The summed E-state index contributed by atoms with van der Waals surface area (Å²) in [7, 11) is 0. The van der Waals surface area contributed by atoms with Gasteiger partial charge in [-0.1, -0.05) is 65.7 Å². The topological polar surface area (TPSA) is 24.5 Å². The van der Waals surface area contributed by atoms with Crippen LogP contribution in [0.1, 0.15) is 29.0 Å². The molecule has 1 N–H and O–H groups in total. The van der Waals surface area contributed by atoms with E-state index in [1.165, 1.54) is 0 Å². The van der Waals surface area contributed by atoms with Gasteiger partial charge < -0.3 is 10.2 Å². The van der Waals surface area contributed by atoms with Crippen LogP contribution in [0, 0.1) is 0 Å². The second kappa shape index (κ2) is 6.61. The first-order valence-corrected chi connectivity index (χ1v) is 9.48. The van der Waals surface area contributed by atoms with Gasteiger partial charge in [0, 0.05) is 21.2 Å². The smallest absolute Gasteiger partial charge is 0.195 e. The molecule has 3 aromatic carbocycles. The molecule has 2 atom stereocenters. The van der Waals surface area contributed by atoms with Crippen LogP contribution >= 0.6 is 23.2 Å². The standard InChI is InChI=1S/C22H16Cl2N2O/c23-16-8-6-14(7-9-16)19-13-20-18-12-17(24)10-11-21(18)27-22(26(20)25-19)15-4-2-1-3-5-15/h1-13,20,22,25H/t20-,22+/m0/s1. The average Bonchev–Trinajstić information content (AvgIpc) is 3.14. The van der Waals surface area contributed by atoms with E-state index in [9.17, 15) is 0 Å². The molecule has 3 aromatic rings. The summed E-state index contributed by atoms with van der Waals surface area (Å²) in [5, 5.41) is 3.54. The van der Waals surface area contributed by atoms with Crippen LogP contribution in [0.4, 0.5) is 0 Å². The van der Waals surface area contributed by atoms with E-state index in [4.69, 9.17) is 27.9 Å². The number of hydrogen-bond donors (Lipinski definition) is 1. The Morgan fingerprint density at radius 2 is 1.59 bits per heavy atom. The summed E-state index contributed by atoms with van der Waals surface area (Å²) in [5.74, 6) is 0.852. The van der Waals surface area contributed by atoms with Gasteiger partial charge in [0.2, 0.25) is 0 Å². The predicted molar refractivity (Wildman–Crippen MR) is 108 cm³/mol. The number of benzene rings is 3. The van der Waals surface area contributed by atoms with Crippen molar-refractivity contribution in [3.05, 3.63) is 106 Å². The molecule has 0 saturated heterocycles. The zero-order chi connectivity index (χ0) is 18.4. The van der Waals surface area contributed by atoms with Gasteiger partial charge in [0.05, 0.1) is 11.7 Å². The Morgan fingerprint density at radius 3 is 2.37 bits per heavy atom. The van der Waals surface area contributed by atoms with Crippen molar-refractivity contribution in [1.82, 2.24) is 10.4 Å². The lowest BCUT2D eigenvalue weighted by atomic mass is 10.0. The highest BCUT2D eigenvalue weighted by Crippen LogP contribution is 2.46. The highest BCUT2D eigenvalue weighted by Gasteiger charge is 2.40. The van der Waals surface area contributed by atoms with Gasteiger partial charge in [-0.3, -0.25) is 0 Å². The second-order valence-electron chi connectivity index (χ2n) is 6.61. The molecule has 0 bridgehead atoms. The van der Waals surface area contributed by atoms with Crippen molar-refractivity contribution in [2.75, 3.05) is 0 Å². The minimum Gasteiger partial charge on any atom is -0.469 e. The summed E-state index contributed by atoms with van der Waals surface area (Å²) in [6.07, 6.45) is 1.96. The molecule has 3 nitrogen and oxygen atoms in total. The van der Waals surface area contributed by atoms with E-state index in [0.29, 0.717) is 5.02 Å². The van der Waals surface area contributed by atoms with E-state index < -0.39 is 0 Å². The summed E-state index contributed by atoms with van der Waals surface area (Å²) in [6.45, 7) is 0. The largest absolute Gasteiger partial charge is 0.469 e. The quantitative estimate of drug-likeness (QED) is 0.577. The van der Waals surface area contributed by atoms with E-state index in [0.717, 1.165) is 33.2 Å². The monoisotopic (exact) mass is 394 g/mol. The van der Waals surface area contributed by atoms with Crippen LogP contribution < -0.4 is 10.2 Å². The average molecular weight is 395 g/mol. The first-order valence-electron chi connectivity index (χ1n) is 8.73. The predicted octanol–water partition coefficient (Wildman–Crippen LogP) is 5.99. The van der Waals surface area contributed by atoms with Gasteiger partial charge in [0.1, 0.15) is 5.75 Å². The number of halogens is 2. The van der Waals surface area contributed by atoms with Crippen molar-refractivity contribution >= 4 is 28.9 Å². The van der Waals surface area contributed by atoms with Crippen LogP contribution in [0.5, 0.6) is 5.75 Å². The maximum atomic E-state index is 6.34. The fraction of sp³-hybridized carbons (Fsp3) is 0.0909. The van der Waals surface area contributed by atoms with Gasteiger partial charge in [-0.2, -0.15) is 5.01 Å². The molecule has 0 aliphatic carbocycles. The zero-order valence-corrected chi connectivity index (χ0v) is 15.8. The Hall–Kier alpha value is -2.46. The first kappa shape index (κ1) is 16.7. The first-order chi connectivity index (χ1) is 13.2. The molecular weight excluding hydrogens is 379 g/mol. The maximum absolute atomic E-state index is 6.34. The summed E-state index contributed by atoms with van der Waals surface area (Å²) in [4.78, 5) is 0. The lowest BCUT2D eigenvalue weighted by Crippen LogP contribution is -2.43. The number of hydrogen-bond acceptors (Lipinski definition) is 3. The van der Waals surface area contributed by atoms with Crippen molar-refractivity contribution < 1.29 is 4.74 Å². The molecule has 5 heteroatoms. The normalized spacial score (nSPS) is 20.9. The molecule has 0 saturated carbocycles. The van der Waals surface area contributed by atoms with Crippen LogP contribution in [-0.4, -0.2) is 5.01 Å². The molecule has 2 aliphatic heterocycles. The third kappa shape index (κ3) is 2.98. The van der Waals surface area contributed by atoms with Gasteiger partial charge in [-0.05, 0) is 42.0 Å². The molecule has 0 radical (unpaired) electrons. The Morgan fingerprint density at radius 1 is 0.852 bits per heavy atom. The molecular formula is C22H16Cl2N2O. The van der Waals surface area contributed by atoms with Gasteiger partial charge in [-0.15, -0.1) is 0 Å². The van der Waals surface area contributed by atoms with Crippen molar-refractivity contribution in [3.63, 3.8) is 0 Å². The Kier molecular flexibility index (Phi) is 4.09. The molecule has 27 heavy (non-hydrogen) atoms. The molecule has 0 spiro atoms. The molecule has 2 aliphatic rings. The summed E-state index contributed by atoms with van der Waals surface area (Å²) >= 11 is 12.3. The van der Waals surface area contributed by atoms with Gasteiger partial charge in [0.25, 0.3) is 0 Å². The lowest BCUT2D eigenvalue weighted by Gasteiger charge is -2.39. The van der Waals surface area contributed by atoms with Crippen LogP contribution in [0.25, 0.3) is 5.70 Å². The van der Waals surface area contributed by atoms with E-state index in [2.05, 4.69) is 28.6 Å². The summed E-state index contributed by atoms with van der Waals surface area (Å²) in [6, 6.07) is 23.8. The number of ether oxygens (including phenoxy) is 1. The van der Waals surface area contributed by atoms with Crippen LogP contribution in [0.15, 0.2) is 78.9 Å². The van der Waals surface area contributed by atoms with Gasteiger partial charge in [-0.25, -0.2) is 0 Å². The van der Waals surface area contributed by atoms with E-state index in [-0.39, 0.29) is 12.3 Å². The molecule has 0 amide bonds. The summed E-state index contributed by atoms with van der Waals surface area (Å²) in [5.41, 5.74) is 7.75. The van der Waals surface area contributed by atoms with Crippen LogP contribution in [0.2, 0.25) is 10.0 Å². The maximum Gasteiger partial charge on any atom is 0.195 e. The zero-order valence-electron chi connectivity index (χ0n) is 14.3. The lowest BCUT2D eigenvalue weighted by molar-refractivity contribution is -0.0326. The molecule has 5 rings (SSSR count). The van der Waals surface area contributed by atoms with E-state index in [1.54, 1.807) is 0 Å². The highest BCUT2D eigenvalue weighted by molar-refractivity contribution is 6.31. The third-order valence-corrected chi connectivity index (χ3v) is 5.38. The number of fused-ring (bicyclic) bond motifs is 3. The van der Waals surface area contributed by atoms with Gasteiger partial charge >= 0.3 is 0 Å². The minimum absolute atomic E-state index is 0.0170. The highest BCUT2D eigenvalue weighted by atomic mass is 35.5. The van der Waals surface area contributed by atoms with Crippen molar-refractivity contribution in [2.24, 2.45) is 0 Å². The Balaban J connectivity index is 1.60. The fourth-order valence-corrected chi connectivity index (χ4v) is 3.91. The molecule has 134 valence electrons. The second-order valence-corrected chi connectivity index (χ2v) is 7.49. The summed E-state index contributed by atoms with van der Waals surface area (Å²) < 4.78 is 6.34. The molecule has 0 fully saturated rings.